The maximum Gasteiger partial charge on any atom is 0.254 e. The van der Waals surface area contributed by atoms with Gasteiger partial charge in [0.25, 0.3) is 5.91 Å². The third-order valence-corrected chi connectivity index (χ3v) is 4.67. The maximum absolute atomic E-state index is 12.6. The van der Waals surface area contributed by atoms with Crippen molar-refractivity contribution in [1.29, 1.82) is 0 Å². The summed E-state index contributed by atoms with van der Waals surface area (Å²) in [6.07, 6.45) is 1.02. The summed E-state index contributed by atoms with van der Waals surface area (Å²) >= 11 is 5.89. The summed E-state index contributed by atoms with van der Waals surface area (Å²) in [4.78, 5) is 25.8. The van der Waals surface area contributed by atoms with Gasteiger partial charge >= 0.3 is 0 Å². The molecule has 1 aromatic carbocycles. The largest absolute Gasteiger partial charge is 0.350 e. The molecule has 0 bridgehead atoms. The standard InChI is InChI=1S/C16H23ClN2O4S/c1-6-19(10-14(20)18-16(2,3)4)15(21)11-7-8-12(17)13(9-11)24(5,22)23/h7-9H,6,10H2,1-5H3,(H,18,20). The number of nitrogens with zero attached hydrogens (tertiary/aromatic N) is 1. The number of carbonyl (C=O) groups excluding carboxylic acids is 2. The Morgan fingerprint density at radius 2 is 1.83 bits per heavy atom. The van der Waals surface area contributed by atoms with Gasteiger partial charge in [-0.25, -0.2) is 8.42 Å². The number of rotatable bonds is 5. The first kappa shape index (κ1) is 20.4. The third kappa shape index (κ3) is 5.79. The number of sulfone groups is 1. The Morgan fingerprint density at radius 1 is 1.25 bits per heavy atom. The molecule has 0 aliphatic heterocycles. The van der Waals surface area contributed by atoms with E-state index in [0.717, 1.165) is 6.26 Å². The van der Waals surface area contributed by atoms with Gasteiger partial charge in [0.2, 0.25) is 5.91 Å². The molecule has 0 heterocycles. The lowest BCUT2D eigenvalue weighted by Crippen LogP contribution is -2.47. The van der Waals surface area contributed by atoms with Crippen LogP contribution in [-0.4, -0.2) is 50.0 Å². The molecule has 0 saturated carbocycles. The molecule has 0 atom stereocenters. The van der Waals surface area contributed by atoms with Crippen LogP contribution in [0.3, 0.4) is 0 Å². The molecule has 0 aromatic heterocycles. The molecular formula is C16H23ClN2O4S. The normalized spacial score (nSPS) is 11.9. The molecule has 6 nitrogen and oxygen atoms in total. The fraction of sp³-hybridized carbons (Fsp3) is 0.500. The molecule has 0 saturated heterocycles. The summed E-state index contributed by atoms with van der Waals surface area (Å²) in [6, 6.07) is 4.06. The van der Waals surface area contributed by atoms with Crippen molar-refractivity contribution in [2.45, 2.75) is 38.1 Å². The highest BCUT2D eigenvalue weighted by Crippen LogP contribution is 2.23. The van der Waals surface area contributed by atoms with Crippen LogP contribution in [0.1, 0.15) is 38.1 Å². The van der Waals surface area contributed by atoms with E-state index in [1.54, 1.807) is 6.92 Å². The molecule has 1 rings (SSSR count). The molecule has 8 heteroatoms. The summed E-state index contributed by atoms with van der Waals surface area (Å²) in [5.74, 6) is -0.710. The fourth-order valence-corrected chi connectivity index (χ4v) is 3.36. The first-order valence-electron chi connectivity index (χ1n) is 7.45. The molecule has 0 spiro atoms. The monoisotopic (exact) mass is 374 g/mol. The van der Waals surface area contributed by atoms with Gasteiger partial charge in [-0.3, -0.25) is 9.59 Å². The quantitative estimate of drug-likeness (QED) is 0.855. The Balaban J connectivity index is 3.04. The van der Waals surface area contributed by atoms with E-state index in [4.69, 9.17) is 11.6 Å². The van der Waals surface area contributed by atoms with Crippen molar-refractivity contribution in [3.05, 3.63) is 28.8 Å². The first-order chi connectivity index (χ1) is 10.8. The second-order valence-electron chi connectivity index (χ2n) is 6.53. The maximum atomic E-state index is 12.6. The molecular weight excluding hydrogens is 352 g/mol. The Hall–Kier alpha value is -1.60. The number of hydrogen-bond acceptors (Lipinski definition) is 4. The van der Waals surface area contributed by atoms with Crippen molar-refractivity contribution in [2.75, 3.05) is 19.3 Å². The van der Waals surface area contributed by atoms with E-state index in [0.29, 0.717) is 6.54 Å². The molecule has 0 aliphatic rings. The number of hydrogen-bond donors (Lipinski definition) is 1. The minimum absolute atomic E-state index is 0.0579. The Labute approximate surface area is 148 Å². The second kappa shape index (κ2) is 7.53. The minimum Gasteiger partial charge on any atom is -0.350 e. The van der Waals surface area contributed by atoms with Gasteiger partial charge in [0.05, 0.1) is 16.5 Å². The Bertz CT molecular complexity index is 739. The van der Waals surface area contributed by atoms with Crippen LogP contribution in [0.4, 0.5) is 0 Å². The Kier molecular flexibility index (Phi) is 6.41. The lowest BCUT2D eigenvalue weighted by atomic mass is 10.1. The topological polar surface area (TPSA) is 83.6 Å². The smallest absolute Gasteiger partial charge is 0.254 e. The van der Waals surface area contributed by atoms with Crippen molar-refractivity contribution >= 4 is 33.3 Å². The zero-order chi connectivity index (χ0) is 18.7. The van der Waals surface area contributed by atoms with E-state index >= 15 is 0 Å². The minimum atomic E-state index is -3.55. The van der Waals surface area contributed by atoms with Gasteiger partial charge < -0.3 is 10.2 Å². The van der Waals surface area contributed by atoms with E-state index in [-0.39, 0.29) is 27.9 Å². The van der Waals surface area contributed by atoms with Crippen LogP contribution in [-0.2, 0) is 14.6 Å². The summed E-state index contributed by atoms with van der Waals surface area (Å²) in [5.41, 5.74) is -0.228. The van der Waals surface area contributed by atoms with E-state index in [9.17, 15) is 18.0 Å². The van der Waals surface area contributed by atoms with Crippen LogP contribution in [0.2, 0.25) is 5.02 Å². The number of amides is 2. The first-order valence-corrected chi connectivity index (χ1v) is 9.72. The summed E-state index contributed by atoms with van der Waals surface area (Å²) in [7, 11) is -3.55. The van der Waals surface area contributed by atoms with Crippen molar-refractivity contribution in [2.24, 2.45) is 0 Å². The zero-order valence-corrected chi connectivity index (χ0v) is 16.1. The van der Waals surface area contributed by atoms with Gasteiger partial charge in [-0.05, 0) is 45.9 Å². The SMILES string of the molecule is CCN(CC(=O)NC(C)(C)C)C(=O)c1ccc(Cl)c(S(C)(=O)=O)c1. The predicted octanol–water partition coefficient (Wildman–Crippen LogP) is 2.12. The third-order valence-electron chi connectivity index (χ3n) is 3.10. The van der Waals surface area contributed by atoms with Crippen LogP contribution >= 0.6 is 11.6 Å². The summed E-state index contributed by atoms with van der Waals surface area (Å²) in [5, 5.41) is 2.84. The van der Waals surface area contributed by atoms with Crippen LogP contribution < -0.4 is 5.32 Å². The van der Waals surface area contributed by atoms with Crippen LogP contribution in [0, 0.1) is 0 Å². The van der Waals surface area contributed by atoms with Crippen LogP contribution in [0.25, 0.3) is 0 Å². The van der Waals surface area contributed by atoms with E-state index in [2.05, 4.69) is 5.32 Å². The molecule has 134 valence electrons. The highest BCUT2D eigenvalue weighted by Gasteiger charge is 2.22. The number of carbonyl (C=O) groups is 2. The van der Waals surface area contributed by atoms with Gasteiger partial charge in [0, 0.05) is 23.9 Å². The summed E-state index contributed by atoms with van der Waals surface area (Å²) < 4.78 is 23.5. The number of halogens is 1. The number of nitrogens with one attached hydrogen (secondary N) is 1. The summed E-state index contributed by atoms with van der Waals surface area (Å²) in [6.45, 7) is 7.49. The van der Waals surface area contributed by atoms with Gasteiger partial charge in [-0.15, -0.1) is 0 Å². The predicted molar refractivity (Wildman–Crippen MR) is 94.0 cm³/mol. The molecule has 0 fully saturated rings. The van der Waals surface area contributed by atoms with E-state index < -0.39 is 21.3 Å². The second-order valence-corrected chi connectivity index (χ2v) is 8.93. The number of benzene rings is 1. The fourth-order valence-electron chi connectivity index (χ4n) is 2.06. The van der Waals surface area contributed by atoms with Gasteiger partial charge in [0.15, 0.2) is 9.84 Å². The average Bonchev–Trinajstić information content (AvgIpc) is 2.41. The lowest BCUT2D eigenvalue weighted by molar-refractivity contribution is -0.123. The van der Waals surface area contributed by atoms with Gasteiger partial charge in [0.1, 0.15) is 0 Å². The van der Waals surface area contributed by atoms with Gasteiger partial charge in [-0.2, -0.15) is 0 Å². The zero-order valence-electron chi connectivity index (χ0n) is 14.5. The van der Waals surface area contributed by atoms with Crippen LogP contribution in [0.15, 0.2) is 23.1 Å². The van der Waals surface area contributed by atoms with Crippen LogP contribution in [0.5, 0.6) is 0 Å². The molecule has 1 aromatic rings. The highest BCUT2D eigenvalue weighted by molar-refractivity contribution is 7.90. The molecule has 0 unspecified atom stereocenters. The lowest BCUT2D eigenvalue weighted by Gasteiger charge is -2.25. The molecule has 0 radical (unpaired) electrons. The number of likely N-dealkylation sites (N-methyl/N-ethyl adjacent to an activating group) is 1. The average molecular weight is 375 g/mol. The Morgan fingerprint density at radius 3 is 2.29 bits per heavy atom. The van der Waals surface area contributed by atoms with Crippen molar-refractivity contribution < 1.29 is 18.0 Å². The van der Waals surface area contributed by atoms with Gasteiger partial charge in [-0.1, -0.05) is 11.6 Å². The van der Waals surface area contributed by atoms with E-state index in [1.165, 1.54) is 23.1 Å². The molecule has 2 amide bonds. The molecule has 24 heavy (non-hydrogen) atoms. The van der Waals surface area contributed by atoms with Crippen molar-refractivity contribution in [1.82, 2.24) is 10.2 Å². The van der Waals surface area contributed by atoms with E-state index in [1.807, 2.05) is 20.8 Å². The van der Waals surface area contributed by atoms with Crippen molar-refractivity contribution in [3.8, 4) is 0 Å². The molecule has 0 aliphatic carbocycles. The van der Waals surface area contributed by atoms with Crippen molar-refractivity contribution in [3.63, 3.8) is 0 Å². The highest BCUT2D eigenvalue weighted by atomic mass is 35.5. The molecule has 1 N–H and O–H groups in total.